The van der Waals surface area contributed by atoms with Crippen molar-refractivity contribution in [3.05, 3.63) is 83.6 Å². The molecule has 1 aliphatic rings. The molecule has 3 aromatic rings. The predicted molar refractivity (Wildman–Crippen MR) is 115 cm³/mol. The van der Waals surface area contributed by atoms with Gasteiger partial charge >= 0.3 is 0 Å². The summed E-state index contributed by atoms with van der Waals surface area (Å²) in [7, 11) is 0. The Morgan fingerprint density at radius 3 is 2.23 bits per heavy atom. The average Bonchev–Trinajstić information content (AvgIpc) is 3.33. The smallest absolute Gasteiger partial charge is 0.260 e. The van der Waals surface area contributed by atoms with E-state index in [-0.39, 0.29) is 18.4 Å². The SMILES string of the molecule is O=C(COc1ccc(Cl)cc1)N1CCN(C(=O)c2cccc(-n3cccc3)c2)CC1. The van der Waals surface area contributed by atoms with E-state index in [1.165, 1.54) is 0 Å². The van der Waals surface area contributed by atoms with Gasteiger partial charge in [0.2, 0.25) is 0 Å². The summed E-state index contributed by atoms with van der Waals surface area (Å²) in [5.74, 6) is 0.490. The van der Waals surface area contributed by atoms with Crippen LogP contribution in [0.25, 0.3) is 5.69 Å². The highest BCUT2D eigenvalue weighted by Gasteiger charge is 2.25. The maximum atomic E-state index is 12.9. The van der Waals surface area contributed by atoms with Gasteiger partial charge < -0.3 is 19.1 Å². The summed E-state index contributed by atoms with van der Waals surface area (Å²) in [6.07, 6.45) is 3.89. The Labute approximate surface area is 180 Å². The molecule has 0 unspecified atom stereocenters. The first-order chi connectivity index (χ1) is 14.6. The van der Waals surface area contributed by atoms with Crippen LogP contribution in [-0.4, -0.2) is 59.0 Å². The maximum absolute atomic E-state index is 12.9. The first-order valence-electron chi connectivity index (χ1n) is 9.79. The lowest BCUT2D eigenvalue weighted by molar-refractivity contribution is -0.134. The molecule has 2 aromatic carbocycles. The second-order valence-electron chi connectivity index (χ2n) is 7.06. The number of ether oxygens (including phenoxy) is 1. The van der Waals surface area contributed by atoms with E-state index < -0.39 is 0 Å². The molecule has 0 saturated carbocycles. The fourth-order valence-electron chi connectivity index (χ4n) is 3.41. The molecule has 2 amide bonds. The Bertz CT molecular complexity index is 1010. The summed E-state index contributed by atoms with van der Waals surface area (Å²) in [6.45, 7) is 1.95. The van der Waals surface area contributed by atoms with Crippen molar-refractivity contribution >= 4 is 23.4 Å². The zero-order valence-electron chi connectivity index (χ0n) is 16.4. The van der Waals surface area contributed by atoms with E-state index in [0.717, 1.165) is 5.69 Å². The number of halogens is 1. The second kappa shape index (κ2) is 9.05. The first-order valence-corrected chi connectivity index (χ1v) is 10.2. The second-order valence-corrected chi connectivity index (χ2v) is 7.49. The van der Waals surface area contributed by atoms with Crippen LogP contribution in [0.4, 0.5) is 0 Å². The van der Waals surface area contributed by atoms with Gasteiger partial charge in [-0.3, -0.25) is 9.59 Å². The molecule has 154 valence electrons. The number of piperazine rings is 1. The van der Waals surface area contributed by atoms with Crippen LogP contribution in [0.5, 0.6) is 5.75 Å². The molecule has 7 heteroatoms. The van der Waals surface area contributed by atoms with Gasteiger partial charge in [-0.25, -0.2) is 0 Å². The number of carbonyl (C=O) groups is 2. The van der Waals surface area contributed by atoms with Crippen LogP contribution in [0.2, 0.25) is 5.02 Å². The Morgan fingerprint density at radius 1 is 0.867 bits per heavy atom. The van der Waals surface area contributed by atoms with Crippen LogP contribution in [0.1, 0.15) is 10.4 Å². The van der Waals surface area contributed by atoms with Crippen molar-refractivity contribution in [2.45, 2.75) is 0 Å². The molecule has 1 aliphatic heterocycles. The van der Waals surface area contributed by atoms with Gasteiger partial charge in [0.15, 0.2) is 6.61 Å². The monoisotopic (exact) mass is 423 g/mol. The van der Waals surface area contributed by atoms with Gasteiger partial charge in [-0.2, -0.15) is 0 Å². The van der Waals surface area contributed by atoms with E-state index in [9.17, 15) is 9.59 Å². The highest BCUT2D eigenvalue weighted by Crippen LogP contribution is 2.17. The summed E-state index contributed by atoms with van der Waals surface area (Å²) < 4.78 is 7.50. The van der Waals surface area contributed by atoms with Crippen LogP contribution in [0.15, 0.2) is 73.1 Å². The summed E-state index contributed by atoms with van der Waals surface area (Å²) in [5, 5.41) is 0.619. The van der Waals surface area contributed by atoms with Gasteiger partial charge in [0.1, 0.15) is 5.75 Å². The third-order valence-corrected chi connectivity index (χ3v) is 5.34. The molecular weight excluding hydrogens is 402 g/mol. The molecule has 0 radical (unpaired) electrons. The van der Waals surface area contributed by atoms with E-state index >= 15 is 0 Å². The normalized spacial score (nSPS) is 13.9. The van der Waals surface area contributed by atoms with Crippen molar-refractivity contribution < 1.29 is 14.3 Å². The number of nitrogens with zero attached hydrogens (tertiary/aromatic N) is 3. The lowest BCUT2D eigenvalue weighted by Crippen LogP contribution is -2.51. The molecule has 1 saturated heterocycles. The minimum absolute atomic E-state index is 0.0199. The van der Waals surface area contributed by atoms with Crippen LogP contribution in [0, 0.1) is 0 Å². The highest BCUT2D eigenvalue weighted by atomic mass is 35.5. The number of rotatable bonds is 5. The lowest BCUT2D eigenvalue weighted by atomic mass is 10.1. The van der Waals surface area contributed by atoms with Crippen LogP contribution in [-0.2, 0) is 4.79 Å². The molecule has 0 bridgehead atoms. The molecule has 2 heterocycles. The zero-order chi connectivity index (χ0) is 20.9. The predicted octanol–water partition coefficient (Wildman–Crippen LogP) is 3.49. The van der Waals surface area contributed by atoms with Crippen molar-refractivity contribution in [1.82, 2.24) is 14.4 Å². The summed E-state index contributed by atoms with van der Waals surface area (Å²) >= 11 is 5.85. The summed E-state index contributed by atoms with van der Waals surface area (Å²) in [4.78, 5) is 28.9. The van der Waals surface area contributed by atoms with Gasteiger partial charge in [-0.15, -0.1) is 0 Å². The van der Waals surface area contributed by atoms with Gasteiger partial charge in [0.05, 0.1) is 0 Å². The topological polar surface area (TPSA) is 54.8 Å². The number of hydrogen-bond acceptors (Lipinski definition) is 3. The standard InChI is InChI=1S/C23H22ClN3O3/c24-19-6-8-21(9-7-19)30-17-22(28)26-12-14-27(15-13-26)23(29)18-4-3-5-20(16-18)25-10-1-2-11-25/h1-11,16H,12-15,17H2. The third kappa shape index (κ3) is 4.66. The lowest BCUT2D eigenvalue weighted by Gasteiger charge is -2.34. The minimum Gasteiger partial charge on any atom is -0.484 e. The molecule has 0 aliphatic carbocycles. The Morgan fingerprint density at radius 2 is 1.53 bits per heavy atom. The van der Waals surface area contributed by atoms with Crippen molar-refractivity contribution in [1.29, 1.82) is 0 Å². The molecule has 1 aromatic heterocycles. The quantitative estimate of drug-likeness (QED) is 0.631. The van der Waals surface area contributed by atoms with Crippen molar-refractivity contribution in [3.63, 3.8) is 0 Å². The third-order valence-electron chi connectivity index (χ3n) is 5.09. The van der Waals surface area contributed by atoms with E-state index in [1.807, 2.05) is 53.4 Å². The Hall–Kier alpha value is -3.25. The van der Waals surface area contributed by atoms with E-state index in [1.54, 1.807) is 34.1 Å². The molecule has 0 N–H and O–H groups in total. The summed E-state index contributed by atoms with van der Waals surface area (Å²) in [5.41, 5.74) is 1.59. The molecule has 0 atom stereocenters. The van der Waals surface area contributed by atoms with E-state index in [4.69, 9.17) is 16.3 Å². The number of amides is 2. The molecular formula is C23H22ClN3O3. The first kappa shape index (κ1) is 20.0. The van der Waals surface area contributed by atoms with Gasteiger partial charge in [0.25, 0.3) is 11.8 Å². The number of hydrogen-bond donors (Lipinski definition) is 0. The molecule has 4 rings (SSSR count). The van der Waals surface area contributed by atoms with Crippen molar-refractivity contribution in [2.75, 3.05) is 32.8 Å². The molecule has 30 heavy (non-hydrogen) atoms. The number of carbonyl (C=O) groups excluding carboxylic acids is 2. The van der Waals surface area contributed by atoms with E-state index in [0.29, 0.717) is 42.5 Å². The van der Waals surface area contributed by atoms with Gasteiger partial charge in [-0.1, -0.05) is 17.7 Å². The largest absolute Gasteiger partial charge is 0.484 e. The highest BCUT2D eigenvalue weighted by molar-refractivity contribution is 6.30. The fraction of sp³-hybridized carbons (Fsp3) is 0.217. The average molecular weight is 424 g/mol. The number of benzene rings is 2. The molecule has 1 fully saturated rings. The molecule has 6 nitrogen and oxygen atoms in total. The van der Waals surface area contributed by atoms with Crippen molar-refractivity contribution in [3.8, 4) is 11.4 Å². The fourth-order valence-corrected chi connectivity index (χ4v) is 3.54. The van der Waals surface area contributed by atoms with E-state index in [2.05, 4.69) is 0 Å². The Kier molecular flexibility index (Phi) is 6.05. The number of aromatic nitrogens is 1. The van der Waals surface area contributed by atoms with Crippen LogP contribution in [0.3, 0.4) is 0 Å². The van der Waals surface area contributed by atoms with Crippen molar-refractivity contribution in [2.24, 2.45) is 0 Å². The minimum atomic E-state index is -0.0911. The molecule has 0 spiro atoms. The van der Waals surface area contributed by atoms with Crippen LogP contribution >= 0.6 is 11.6 Å². The van der Waals surface area contributed by atoms with Gasteiger partial charge in [-0.05, 0) is 54.6 Å². The maximum Gasteiger partial charge on any atom is 0.260 e. The van der Waals surface area contributed by atoms with Crippen LogP contribution < -0.4 is 4.74 Å². The van der Waals surface area contributed by atoms with Gasteiger partial charge in [0, 0.05) is 54.8 Å². The summed E-state index contributed by atoms with van der Waals surface area (Å²) in [6, 6.07) is 18.4. The zero-order valence-corrected chi connectivity index (χ0v) is 17.2. The Balaban J connectivity index is 1.30.